The van der Waals surface area contributed by atoms with Gasteiger partial charge in [-0.05, 0) is 53.2 Å². The number of hydrogen-bond acceptors (Lipinski definition) is 5. The monoisotopic (exact) mass is 434 g/mol. The number of thiophene rings is 1. The minimum absolute atomic E-state index is 0.0709. The van der Waals surface area contributed by atoms with Crippen LogP contribution in [-0.2, 0) is 12.8 Å². The molecule has 136 valence electrons. The SMILES string of the molecule is COc1cc(OC)c(-c2nc3sc4c(c3c(=O)[nH]2)CCCCC4)cc1Br. The number of fused-ring (bicyclic) bond motifs is 3. The predicted octanol–water partition coefficient (Wildman–Crippen LogP) is 4.70. The lowest BCUT2D eigenvalue weighted by molar-refractivity contribution is 0.393. The molecule has 2 aromatic heterocycles. The Bertz CT molecular complexity index is 1040. The van der Waals surface area contributed by atoms with Crippen molar-refractivity contribution >= 4 is 37.5 Å². The van der Waals surface area contributed by atoms with Crippen molar-refractivity contribution in [1.82, 2.24) is 9.97 Å². The van der Waals surface area contributed by atoms with Crippen molar-refractivity contribution in [3.63, 3.8) is 0 Å². The van der Waals surface area contributed by atoms with Crippen molar-refractivity contribution in [3.8, 4) is 22.9 Å². The van der Waals surface area contributed by atoms with E-state index in [4.69, 9.17) is 14.5 Å². The molecule has 4 rings (SSSR count). The fraction of sp³-hybridized carbons (Fsp3) is 0.368. The summed E-state index contributed by atoms with van der Waals surface area (Å²) in [6.07, 6.45) is 5.56. The Labute approximate surface area is 163 Å². The summed E-state index contributed by atoms with van der Waals surface area (Å²) in [4.78, 5) is 22.7. The molecule has 0 amide bonds. The molecule has 1 aromatic carbocycles. The van der Waals surface area contributed by atoms with Crippen LogP contribution in [0.2, 0.25) is 0 Å². The highest BCUT2D eigenvalue weighted by molar-refractivity contribution is 9.10. The van der Waals surface area contributed by atoms with E-state index in [0.717, 1.165) is 39.5 Å². The van der Waals surface area contributed by atoms with Crippen LogP contribution in [0.1, 0.15) is 29.7 Å². The van der Waals surface area contributed by atoms with E-state index in [2.05, 4.69) is 20.9 Å². The van der Waals surface area contributed by atoms with Crippen molar-refractivity contribution in [1.29, 1.82) is 0 Å². The molecule has 3 aromatic rings. The molecule has 1 aliphatic carbocycles. The zero-order chi connectivity index (χ0) is 18.3. The maximum absolute atomic E-state index is 12.9. The molecule has 0 atom stereocenters. The number of H-pyrrole nitrogens is 1. The van der Waals surface area contributed by atoms with E-state index in [0.29, 0.717) is 17.3 Å². The van der Waals surface area contributed by atoms with Crippen LogP contribution < -0.4 is 15.0 Å². The molecule has 7 heteroatoms. The van der Waals surface area contributed by atoms with E-state index in [1.54, 1.807) is 31.6 Å². The highest BCUT2D eigenvalue weighted by Gasteiger charge is 2.21. The van der Waals surface area contributed by atoms with Crippen molar-refractivity contribution in [3.05, 3.63) is 37.4 Å². The summed E-state index contributed by atoms with van der Waals surface area (Å²) >= 11 is 5.15. The number of ether oxygens (including phenoxy) is 2. The van der Waals surface area contributed by atoms with Crippen molar-refractivity contribution in [2.45, 2.75) is 32.1 Å². The lowest BCUT2D eigenvalue weighted by Gasteiger charge is -2.11. The number of aromatic nitrogens is 2. The largest absolute Gasteiger partial charge is 0.496 e. The average Bonchev–Trinajstić information content (AvgIpc) is 2.83. The molecule has 0 saturated heterocycles. The third kappa shape index (κ3) is 2.93. The van der Waals surface area contributed by atoms with Crippen LogP contribution >= 0.6 is 27.3 Å². The maximum atomic E-state index is 12.9. The van der Waals surface area contributed by atoms with Gasteiger partial charge < -0.3 is 14.5 Å². The third-order valence-electron chi connectivity index (χ3n) is 4.80. The molecule has 0 unspecified atom stereocenters. The van der Waals surface area contributed by atoms with Gasteiger partial charge in [0.05, 0.1) is 29.6 Å². The second kappa shape index (κ2) is 7.04. The van der Waals surface area contributed by atoms with Gasteiger partial charge in [-0.3, -0.25) is 4.79 Å². The first-order chi connectivity index (χ1) is 12.6. The minimum atomic E-state index is -0.0709. The van der Waals surface area contributed by atoms with Crippen LogP contribution in [0, 0.1) is 0 Å². The summed E-state index contributed by atoms with van der Waals surface area (Å²) < 4.78 is 11.6. The molecule has 0 radical (unpaired) electrons. The van der Waals surface area contributed by atoms with E-state index < -0.39 is 0 Å². The van der Waals surface area contributed by atoms with Gasteiger partial charge in [0.2, 0.25) is 0 Å². The third-order valence-corrected chi connectivity index (χ3v) is 6.61. The molecule has 0 spiro atoms. The number of methoxy groups -OCH3 is 2. The predicted molar refractivity (Wildman–Crippen MR) is 108 cm³/mol. The van der Waals surface area contributed by atoms with E-state index in [1.807, 2.05) is 6.07 Å². The highest BCUT2D eigenvalue weighted by Crippen LogP contribution is 2.38. The molecule has 0 fully saturated rings. The van der Waals surface area contributed by atoms with Gasteiger partial charge in [-0.15, -0.1) is 11.3 Å². The number of hydrogen-bond donors (Lipinski definition) is 1. The number of halogens is 1. The number of rotatable bonds is 3. The average molecular weight is 435 g/mol. The van der Waals surface area contributed by atoms with Gasteiger partial charge in [-0.2, -0.15) is 0 Å². The minimum Gasteiger partial charge on any atom is -0.496 e. The van der Waals surface area contributed by atoms with Gasteiger partial charge in [0.15, 0.2) is 0 Å². The fourth-order valence-electron chi connectivity index (χ4n) is 3.51. The van der Waals surface area contributed by atoms with Gasteiger partial charge in [0.1, 0.15) is 22.2 Å². The molecular formula is C19H19BrN2O3S. The van der Waals surface area contributed by atoms with Crippen LogP contribution in [0.3, 0.4) is 0 Å². The normalized spacial score (nSPS) is 14.1. The standard InChI is InChI=1S/C19H19BrN2O3S/c1-24-13-9-14(25-2)12(20)8-11(13)17-21-18(23)16-10-6-4-3-5-7-15(10)26-19(16)22-17/h8-9H,3-7H2,1-2H3,(H,21,22,23). The number of aryl methyl sites for hydroxylation is 2. The topological polar surface area (TPSA) is 64.2 Å². The van der Waals surface area contributed by atoms with Crippen LogP contribution in [0.5, 0.6) is 11.5 Å². The maximum Gasteiger partial charge on any atom is 0.260 e. The first-order valence-corrected chi connectivity index (χ1v) is 10.2. The second-order valence-corrected chi connectivity index (χ2v) is 8.28. The Kier molecular flexibility index (Phi) is 4.75. The zero-order valence-corrected chi connectivity index (χ0v) is 17.1. The number of nitrogens with one attached hydrogen (secondary N) is 1. The Hall–Kier alpha value is -1.86. The quantitative estimate of drug-likeness (QED) is 0.606. The molecule has 2 heterocycles. The van der Waals surface area contributed by atoms with Crippen LogP contribution in [0.4, 0.5) is 0 Å². The van der Waals surface area contributed by atoms with Gasteiger partial charge in [0, 0.05) is 10.9 Å². The summed E-state index contributed by atoms with van der Waals surface area (Å²) in [5.41, 5.74) is 1.85. The summed E-state index contributed by atoms with van der Waals surface area (Å²) in [5, 5.41) is 0.766. The molecule has 0 saturated carbocycles. The van der Waals surface area contributed by atoms with E-state index in [9.17, 15) is 4.79 Å². The molecule has 1 aliphatic rings. The first-order valence-electron chi connectivity index (χ1n) is 8.59. The summed E-state index contributed by atoms with van der Waals surface area (Å²) in [6.45, 7) is 0. The van der Waals surface area contributed by atoms with Gasteiger partial charge in [0.25, 0.3) is 5.56 Å². The van der Waals surface area contributed by atoms with Crippen molar-refractivity contribution in [2.75, 3.05) is 14.2 Å². The summed E-state index contributed by atoms with van der Waals surface area (Å²) in [5.74, 6) is 1.78. The van der Waals surface area contributed by atoms with Gasteiger partial charge in [-0.25, -0.2) is 4.98 Å². The van der Waals surface area contributed by atoms with Crippen LogP contribution in [0.25, 0.3) is 21.6 Å². The van der Waals surface area contributed by atoms with Crippen LogP contribution in [-0.4, -0.2) is 24.2 Å². The molecule has 0 bridgehead atoms. The molecule has 5 nitrogen and oxygen atoms in total. The lowest BCUT2D eigenvalue weighted by atomic mass is 10.1. The molecular weight excluding hydrogens is 416 g/mol. The summed E-state index contributed by atoms with van der Waals surface area (Å²) in [7, 11) is 3.19. The molecule has 26 heavy (non-hydrogen) atoms. The zero-order valence-electron chi connectivity index (χ0n) is 14.6. The fourth-order valence-corrected chi connectivity index (χ4v) is 5.28. The van der Waals surface area contributed by atoms with Crippen LogP contribution in [0.15, 0.2) is 21.4 Å². The smallest absolute Gasteiger partial charge is 0.260 e. The van der Waals surface area contributed by atoms with E-state index >= 15 is 0 Å². The van der Waals surface area contributed by atoms with Gasteiger partial charge in [-0.1, -0.05) is 6.42 Å². The number of benzene rings is 1. The lowest BCUT2D eigenvalue weighted by Crippen LogP contribution is -2.10. The van der Waals surface area contributed by atoms with E-state index in [1.165, 1.54) is 23.3 Å². The van der Waals surface area contributed by atoms with Crippen molar-refractivity contribution < 1.29 is 9.47 Å². The van der Waals surface area contributed by atoms with Crippen molar-refractivity contribution in [2.24, 2.45) is 0 Å². The number of aromatic amines is 1. The highest BCUT2D eigenvalue weighted by atomic mass is 79.9. The number of nitrogens with zero attached hydrogens (tertiary/aromatic N) is 1. The second-order valence-electron chi connectivity index (χ2n) is 6.35. The molecule has 1 N–H and O–H groups in total. The Morgan fingerprint density at radius 3 is 2.65 bits per heavy atom. The Morgan fingerprint density at radius 1 is 1.12 bits per heavy atom. The summed E-state index contributed by atoms with van der Waals surface area (Å²) in [6, 6.07) is 3.65. The van der Waals surface area contributed by atoms with E-state index in [-0.39, 0.29) is 5.56 Å². The Balaban J connectivity index is 1.91. The molecule has 0 aliphatic heterocycles. The first kappa shape index (κ1) is 17.5. The van der Waals surface area contributed by atoms with Gasteiger partial charge >= 0.3 is 0 Å². The Morgan fingerprint density at radius 2 is 1.88 bits per heavy atom.